The van der Waals surface area contributed by atoms with Crippen LogP contribution in [0.4, 0.5) is 5.69 Å². The summed E-state index contributed by atoms with van der Waals surface area (Å²) in [4.78, 5) is 27.2. The lowest BCUT2D eigenvalue weighted by Gasteiger charge is -2.22. The Morgan fingerprint density at radius 3 is 2.71 bits per heavy atom. The van der Waals surface area contributed by atoms with Gasteiger partial charge in [0.1, 0.15) is 12.4 Å². The first-order valence-electron chi connectivity index (χ1n) is 9.18. The molecule has 0 aromatic heterocycles. The lowest BCUT2D eigenvalue weighted by atomic mass is 10.2. The minimum absolute atomic E-state index is 0.0148. The highest BCUT2D eigenvalue weighted by atomic mass is 35.5. The molecule has 0 radical (unpaired) electrons. The lowest BCUT2D eigenvalue weighted by Crippen LogP contribution is -2.36. The Labute approximate surface area is 168 Å². The van der Waals surface area contributed by atoms with E-state index in [4.69, 9.17) is 16.3 Å². The smallest absolute Gasteiger partial charge is 0.273 e. The van der Waals surface area contributed by atoms with Crippen molar-refractivity contribution in [2.75, 3.05) is 39.3 Å². The number of hydrogen-bond donors (Lipinski definition) is 0. The molecule has 7 nitrogen and oxygen atoms in total. The summed E-state index contributed by atoms with van der Waals surface area (Å²) in [5.74, 6) is 0.444. The van der Waals surface area contributed by atoms with Gasteiger partial charge in [-0.25, -0.2) is 0 Å². The minimum atomic E-state index is -0.438. The number of benzene rings is 2. The maximum absolute atomic E-state index is 12.7. The molecular formula is C20H22ClN3O4. The highest BCUT2D eigenvalue weighted by Gasteiger charge is 2.21. The van der Waals surface area contributed by atoms with Crippen LogP contribution in [0.15, 0.2) is 48.5 Å². The Balaban J connectivity index is 1.49. The van der Waals surface area contributed by atoms with Gasteiger partial charge in [0.05, 0.1) is 21.6 Å². The van der Waals surface area contributed by atoms with E-state index in [9.17, 15) is 14.9 Å². The van der Waals surface area contributed by atoms with Crippen LogP contribution < -0.4 is 4.74 Å². The van der Waals surface area contributed by atoms with Crippen molar-refractivity contribution in [2.45, 2.75) is 6.42 Å². The highest BCUT2D eigenvalue weighted by molar-refractivity contribution is 6.33. The summed E-state index contributed by atoms with van der Waals surface area (Å²) >= 11 is 6.15. The third-order valence-electron chi connectivity index (χ3n) is 4.68. The zero-order chi connectivity index (χ0) is 19.9. The van der Waals surface area contributed by atoms with E-state index in [2.05, 4.69) is 4.90 Å². The van der Waals surface area contributed by atoms with Gasteiger partial charge >= 0.3 is 0 Å². The van der Waals surface area contributed by atoms with Crippen LogP contribution in [0.25, 0.3) is 0 Å². The molecule has 0 spiro atoms. The van der Waals surface area contributed by atoms with Crippen molar-refractivity contribution in [1.82, 2.24) is 9.80 Å². The maximum atomic E-state index is 12.7. The summed E-state index contributed by atoms with van der Waals surface area (Å²) in [7, 11) is 0. The van der Waals surface area contributed by atoms with Crippen molar-refractivity contribution in [3.63, 3.8) is 0 Å². The number of nitro groups is 1. The van der Waals surface area contributed by atoms with E-state index in [1.165, 1.54) is 12.1 Å². The molecule has 28 heavy (non-hydrogen) atoms. The van der Waals surface area contributed by atoms with E-state index in [1.54, 1.807) is 24.3 Å². The van der Waals surface area contributed by atoms with Crippen LogP contribution in [0.2, 0.25) is 5.02 Å². The van der Waals surface area contributed by atoms with Crippen molar-refractivity contribution >= 4 is 23.2 Å². The normalized spacial score (nSPS) is 15.1. The van der Waals surface area contributed by atoms with Gasteiger partial charge in [0.2, 0.25) is 0 Å². The topological polar surface area (TPSA) is 75.9 Å². The molecule has 0 aliphatic carbocycles. The van der Waals surface area contributed by atoms with E-state index >= 15 is 0 Å². The van der Waals surface area contributed by atoms with Crippen molar-refractivity contribution < 1.29 is 14.5 Å². The first-order chi connectivity index (χ1) is 13.5. The van der Waals surface area contributed by atoms with Gasteiger partial charge in [0, 0.05) is 38.8 Å². The molecule has 1 heterocycles. The Kier molecular flexibility index (Phi) is 6.84. The summed E-state index contributed by atoms with van der Waals surface area (Å²) in [6.07, 6.45) is 0.868. The van der Waals surface area contributed by atoms with Crippen molar-refractivity contribution in [1.29, 1.82) is 0 Å². The van der Waals surface area contributed by atoms with Gasteiger partial charge in [-0.05, 0) is 24.6 Å². The van der Waals surface area contributed by atoms with E-state index in [0.717, 1.165) is 19.5 Å². The molecule has 0 atom stereocenters. The standard InChI is InChI=1S/C20H22ClN3O4/c21-19-8-2-1-7-18(19)20(25)23-10-4-9-22(11-12-23)13-14-28-17-6-3-5-16(15-17)24(26)27/h1-3,5-8,15H,4,9-14H2. The summed E-state index contributed by atoms with van der Waals surface area (Å²) in [5, 5.41) is 11.3. The molecule has 2 aromatic carbocycles. The van der Waals surface area contributed by atoms with Gasteiger partial charge in [-0.1, -0.05) is 29.8 Å². The SMILES string of the molecule is O=C(c1ccccc1Cl)N1CCCN(CCOc2cccc([N+](=O)[O-])c2)CC1. The van der Waals surface area contributed by atoms with Crippen molar-refractivity contribution in [2.24, 2.45) is 0 Å². The van der Waals surface area contributed by atoms with Crippen molar-refractivity contribution in [3.05, 3.63) is 69.2 Å². The van der Waals surface area contributed by atoms with Crippen LogP contribution in [-0.2, 0) is 0 Å². The Morgan fingerprint density at radius 1 is 1.11 bits per heavy atom. The van der Waals surface area contributed by atoms with Gasteiger partial charge in [-0.2, -0.15) is 0 Å². The van der Waals surface area contributed by atoms with Gasteiger partial charge in [-0.15, -0.1) is 0 Å². The van der Waals surface area contributed by atoms with E-state index in [0.29, 0.717) is 42.6 Å². The van der Waals surface area contributed by atoms with E-state index < -0.39 is 4.92 Å². The molecule has 1 fully saturated rings. The average molecular weight is 404 g/mol. The monoisotopic (exact) mass is 403 g/mol. The number of carbonyl (C=O) groups excluding carboxylic acids is 1. The van der Waals surface area contributed by atoms with Crippen LogP contribution in [-0.4, -0.2) is 60.0 Å². The fourth-order valence-electron chi connectivity index (χ4n) is 3.18. The summed E-state index contributed by atoms with van der Waals surface area (Å²) in [6, 6.07) is 13.3. The molecule has 2 aromatic rings. The predicted octanol–water partition coefficient (Wildman–Crippen LogP) is 3.48. The molecule has 0 bridgehead atoms. The molecule has 148 valence electrons. The molecule has 1 amide bonds. The molecule has 3 rings (SSSR count). The van der Waals surface area contributed by atoms with Gasteiger partial charge in [-0.3, -0.25) is 19.8 Å². The molecule has 0 unspecified atom stereocenters. The molecular weight excluding hydrogens is 382 g/mol. The maximum Gasteiger partial charge on any atom is 0.273 e. The second-order valence-electron chi connectivity index (χ2n) is 6.57. The number of rotatable bonds is 6. The second-order valence-corrected chi connectivity index (χ2v) is 6.98. The fraction of sp³-hybridized carbons (Fsp3) is 0.350. The Morgan fingerprint density at radius 2 is 1.93 bits per heavy atom. The number of hydrogen-bond acceptors (Lipinski definition) is 5. The Bertz CT molecular complexity index is 846. The van der Waals surface area contributed by atoms with E-state index in [-0.39, 0.29) is 11.6 Å². The van der Waals surface area contributed by atoms with E-state index in [1.807, 2.05) is 17.0 Å². The Hall–Kier alpha value is -2.64. The van der Waals surface area contributed by atoms with Crippen LogP contribution >= 0.6 is 11.6 Å². The largest absolute Gasteiger partial charge is 0.492 e. The van der Waals surface area contributed by atoms with Crippen LogP contribution in [0.5, 0.6) is 5.75 Å². The molecule has 8 heteroatoms. The van der Waals surface area contributed by atoms with Gasteiger partial charge in [0.15, 0.2) is 0 Å². The number of nitrogens with zero attached hydrogens (tertiary/aromatic N) is 3. The van der Waals surface area contributed by atoms with Crippen LogP contribution in [0.1, 0.15) is 16.8 Å². The van der Waals surface area contributed by atoms with Gasteiger partial charge in [0.25, 0.3) is 11.6 Å². The number of nitro benzene ring substituents is 1. The van der Waals surface area contributed by atoms with Crippen LogP contribution in [0, 0.1) is 10.1 Å². The first-order valence-corrected chi connectivity index (χ1v) is 9.56. The number of ether oxygens (including phenoxy) is 1. The predicted molar refractivity (Wildman–Crippen MR) is 107 cm³/mol. The molecule has 1 aliphatic rings. The number of amides is 1. The zero-order valence-electron chi connectivity index (χ0n) is 15.4. The second kappa shape index (κ2) is 9.52. The molecule has 1 saturated heterocycles. The van der Waals surface area contributed by atoms with Gasteiger partial charge < -0.3 is 9.64 Å². The summed E-state index contributed by atoms with van der Waals surface area (Å²) in [5.41, 5.74) is 0.549. The molecule has 0 saturated carbocycles. The third-order valence-corrected chi connectivity index (χ3v) is 5.01. The fourth-order valence-corrected chi connectivity index (χ4v) is 3.40. The summed E-state index contributed by atoms with van der Waals surface area (Å²) < 4.78 is 5.66. The quantitative estimate of drug-likeness (QED) is 0.545. The zero-order valence-corrected chi connectivity index (χ0v) is 16.2. The first kappa shape index (κ1) is 20.1. The lowest BCUT2D eigenvalue weighted by molar-refractivity contribution is -0.384. The molecule has 0 N–H and O–H groups in total. The number of halogens is 1. The molecule has 1 aliphatic heterocycles. The summed E-state index contributed by atoms with van der Waals surface area (Å²) in [6.45, 7) is 4.04. The number of carbonyl (C=O) groups is 1. The van der Waals surface area contributed by atoms with Crippen LogP contribution in [0.3, 0.4) is 0 Å². The minimum Gasteiger partial charge on any atom is -0.492 e. The number of non-ortho nitro benzene ring substituents is 1. The van der Waals surface area contributed by atoms with Crippen molar-refractivity contribution in [3.8, 4) is 5.75 Å². The average Bonchev–Trinajstić information content (AvgIpc) is 2.94. The highest BCUT2D eigenvalue weighted by Crippen LogP contribution is 2.20. The third kappa shape index (κ3) is 5.21.